The van der Waals surface area contributed by atoms with Gasteiger partial charge in [0.05, 0.1) is 5.69 Å². The van der Waals surface area contributed by atoms with E-state index in [1.54, 1.807) is 0 Å². The van der Waals surface area contributed by atoms with Crippen molar-refractivity contribution in [2.24, 2.45) is 0 Å². The van der Waals surface area contributed by atoms with Gasteiger partial charge in [-0.3, -0.25) is 0 Å². The first-order valence-electron chi connectivity index (χ1n) is 22.4. The molecule has 0 spiro atoms. The van der Waals surface area contributed by atoms with Crippen molar-refractivity contribution in [3.05, 3.63) is 261 Å². The van der Waals surface area contributed by atoms with E-state index in [-0.39, 0.29) is 0 Å². The zero-order chi connectivity index (χ0) is 43.1. The SMILES string of the molecule is c1cc(-c2ccc(N(c3ccc(-c4ccc5ccccc5c4)cc3)c3cc(-c4ccc5ccccc5c4)ccc3-c3ccc4ccccc4c3)cc2)cc(-c2cccc3ccccc23)c1. The van der Waals surface area contributed by atoms with Crippen LogP contribution in [0.3, 0.4) is 0 Å². The lowest BCUT2D eigenvalue weighted by Crippen LogP contribution is -2.11. The van der Waals surface area contributed by atoms with Crippen molar-refractivity contribution in [1.29, 1.82) is 0 Å². The second kappa shape index (κ2) is 16.3. The largest absolute Gasteiger partial charge is 0.310 e. The molecule has 0 aliphatic rings. The van der Waals surface area contributed by atoms with Gasteiger partial charge in [-0.25, -0.2) is 0 Å². The summed E-state index contributed by atoms with van der Waals surface area (Å²) in [5.74, 6) is 0. The lowest BCUT2D eigenvalue weighted by Gasteiger charge is -2.29. The number of hydrogen-bond donors (Lipinski definition) is 0. The van der Waals surface area contributed by atoms with Crippen molar-refractivity contribution >= 4 is 60.2 Å². The lowest BCUT2D eigenvalue weighted by atomic mass is 9.94. The lowest BCUT2D eigenvalue weighted by molar-refractivity contribution is 1.28. The molecule has 0 aliphatic heterocycles. The van der Waals surface area contributed by atoms with E-state index in [9.17, 15) is 0 Å². The Bertz CT molecular complexity index is 3710. The Balaban J connectivity index is 1.02. The molecule has 0 heterocycles. The van der Waals surface area contributed by atoms with Gasteiger partial charge in [0.2, 0.25) is 0 Å². The van der Waals surface area contributed by atoms with E-state index in [4.69, 9.17) is 0 Å². The van der Waals surface area contributed by atoms with Crippen LogP contribution in [0.5, 0.6) is 0 Å². The summed E-state index contributed by atoms with van der Waals surface area (Å²) in [6.07, 6.45) is 0. The van der Waals surface area contributed by atoms with Gasteiger partial charge in [0, 0.05) is 16.9 Å². The molecule has 12 aromatic rings. The fourth-order valence-corrected chi connectivity index (χ4v) is 9.61. The fraction of sp³-hybridized carbons (Fsp3) is 0. The molecule has 0 amide bonds. The third-order valence-electron chi connectivity index (χ3n) is 13.0. The average Bonchev–Trinajstić information content (AvgIpc) is 3.38. The molecule has 0 N–H and O–H groups in total. The van der Waals surface area contributed by atoms with Crippen molar-refractivity contribution in [2.75, 3.05) is 4.90 Å². The van der Waals surface area contributed by atoms with Crippen LogP contribution in [0, 0.1) is 0 Å². The zero-order valence-electron chi connectivity index (χ0n) is 35.8. The second-order valence-electron chi connectivity index (χ2n) is 17.0. The molecule has 0 aromatic heterocycles. The molecule has 0 saturated carbocycles. The Morgan fingerprint density at radius 3 is 1.18 bits per heavy atom. The number of hydrogen-bond acceptors (Lipinski definition) is 1. The summed E-state index contributed by atoms with van der Waals surface area (Å²) in [7, 11) is 0. The molecule has 1 nitrogen and oxygen atoms in total. The molecule has 0 fully saturated rings. The molecular formula is C64H43N. The standard InChI is InChI=1S/C64H43N/c1-4-15-50-39-54(26-23-44(50)11-1)48-31-36-60(37-32-48)65(59-34-29-47(30-35-59)53-19-9-20-57(41-53)62-22-10-18-49-14-7-8-21-61(49)62)64-43-56(55-27-24-45-12-2-5-16-51(45)40-55)33-38-63(64)58-28-25-46-13-3-6-17-52(46)42-58/h1-43H. The van der Waals surface area contributed by atoms with Crippen LogP contribution >= 0.6 is 0 Å². The summed E-state index contributed by atoms with van der Waals surface area (Å²) in [6.45, 7) is 0. The third kappa shape index (κ3) is 7.30. The molecule has 12 aromatic carbocycles. The van der Waals surface area contributed by atoms with Crippen molar-refractivity contribution in [3.63, 3.8) is 0 Å². The van der Waals surface area contributed by atoms with Gasteiger partial charge in [-0.1, -0.05) is 206 Å². The van der Waals surface area contributed by atoms with E-state index >= 15 is 0 Å². The Morgan fingerprint density at radius 2 is 0.585 bits per heavy atom. The third-order valence-corrected chi connectivity index (χ3v) is 13.0. The minimum Gasteiger partial charge on any atom is -0.310 e. The monoisotopic (exact) mass is 825 g/mol. The van der Waals surface area contributed by atoms with Crippen LogP contribution in [0.2, 0.25) is 0 Å². The number of nitrogens with zero attached hydrogens (tertiary/aromatic N) is 1. The quantitative estimate of drug-likeness (QED) is 0.148. The number of benzene rings is 12. The molecule has 65 heavy (non-hydrogen) atoms. The van der Waals surface area contributed by atoms with Gasteiger partial charge in [0.15, 0.2) is 0 Å². The van der Waals surface area contributed by atoms with Crippen molar-refractivity contribution < 1.29 is 0 Å². The normalized spacial score (nSPS) is 11.4. The molecule has 0 radical (unpaired) electrons. The second-order valence-corrected chi connectivity index (χ2v) is 17.0. The van der Waals surface area contributed by atoms with Crippen molar-refractivity contribution in [3.8, 4) is 55.6 Å². The van der Waals surface area contributed by atoms with Gasteiger partial charge in [-0.05, 0) is 148 Å². The predicted molar refractivity (Wildman–Crippen MR) is 278 cm³/mol. The van der Waals surface area contributed by atoms with Crippen LogP contribution in [0.4, 0.5) is 17.1 Å². The first-order chi connectivity index (χ1) is 32.2. The van der Waals surface area contributed by atoms with Crippen molar-refractivity contribution in [2.45, 2.75) is 0 Å². The average molecular weight is 826 g/mol. The molecular weight excluding hydrogens is 783 g/mol. The molecule has 0 bridgehead atoms. The Morgan fingerprint density at radius 1 is 0.200 bits per heavy atom. The minimum atomic E-state index is 1.08. The topological polar surface area (TPSA) is 3.24 Å². The number of rotatable bonds is 8. The summed E-state index contributed by atoms with van der Waals surface area (Å²) in [5.41, 5.74) is 15.1. The smallest absolute Gasteiger partial charge is 0.0546 e. The summed E-state index contributed by atoms with van der Waals surface area (Å²) in [6, 6.07) is 95.5. The zero-order valence-corrected chi connectivity index (χ0v) is 35.8. The molecule has 1 heteroatoms. The molecule has 0 unspecified atom stereocenters. The van der Waals surface area contributed by atoms with E-state index in [1.165, 1.54) is 87.6 Å². The van der Waals surface area contributed by atoms with Crippen LogP contribution in [0.1, 0.15) is 0 Å². The van der Waals surface area contributed by atoms with Gasteiger partial charge in [-0.15, -0.1) is 0 Å². The summed E-state index contributed by atoms with van der Waals surface area (Å²) < 4.78 is 0. The molecule has 0 aliphatic carbocycles. The molecule has 304 valence electrons. The van der Waals surface area contributed by atoms with Crippen LogP contribution < -0.4 is 4.90 Å². The maximum absolute atomic E-state index is 2.44. The first kappa shape index (κ1) is 38.2. The van der Waals surface area contributed by atoms with Crippen LogP contribution in [-0.2, 0) is 0 Å². The number of anilines is 3. The maximum Gasteiger partial charge on any atom is 0.0546 e. The van der Waals surface area contributed by atoms with Crippen molar-refractivity contribution in [1.82, 2.24) is 0 Å². The molecule has 12 rings (SSSR count). The van der Waals surface area contributed by atoms with Gasteiger partial charge >= 0.3 is 0 Å². The highest BCUT2D eigenvalue weighted by Crippen LogP contribution is 2.45. The van der Waals surface area contributed by atoms with Crippen LogP contribution in [-0.4, -0.2) is 0 Å². The van der Waals surface area contributed by atoms with Crippen LogP contribution in [0.15, 0.2) is 261 Å². The molecule has 0 saturated heterocycles. The molecule has 0 atom stereocenters. The van der Waals surface area contributed by atoms with E-state index in [1.807, 2.05) is 0 Å². The Kier molecular flexibility index (Phi) is 9.58. The van der Waals surface area contributed by atoms with Gasteiger partial charge in [0.1, 0.15) is 0 Å². The van der Waals surface area contributed by atoms with Crippen LogP contribution in [0.25, 0.3) is 98.7 Å². The minimum absolute atomic E-state index is 1.08. The van der Waals surface area contributed by atoms with Gasteiger partial charge in [-0.2, -0.15) is 0 Å². The van der Waals surface area contributed by atoms with E-state index in [0.29, 0.717) is 0 Å². The first-order valence-corrected chi connectivity index (χ1v) is 22.4. The van der Waals surface area contributed by atoms with E-state index in [0.717, 1.165) is 28.2 Å². The summed E-state index contributed by atoms with van der Waals surface area (Å²) in [5, 5.41) is 9.91. The fourth-order valence-electron chi connectivity index (χ4n) is 9.61. The predicted octanol–water partition coefficient (Wildman–Crippen LogP) is 18.1. The van der Waals surface area contributed by atoms with E-state index < -0.39 is 0 Å². The summed E-state index contributed by atoms with van der Waals surface area (Å²) in [4.78, 5) is 2.44. The Hall–Kier alpha value is -8.52. The maximum atomic E-state index is 2.44. The van der Waals surface area contributed by atoms with Gasteiger partial charge in [0.25, 0.3) is 0 Å². The summed E-state index contributed by atoms with van der Waals surface area (Å²) >= 11 is 0. The highest BCUT2D eigenvalue weighted by Gasteiger charge is 2.20. The Labute approximate surface area is 379 Å². The highest BCUT2D eigenvalue weighted by molar-refractivity contribution is 5.99. The van der Waals surface area contributed by atoms with Gasteiger partial charge < -0.3 is 4.90 Å². The number of fused-ring (bicyclic) bond motifs is 4. The highest BCUT2D eigenvalue weighted by atomic mass is 15.1. The van der Waals surface area contributed by atoms with E-state index in [2.05, 4.69) is 266 Å².